The van der Waals surface area contributed by atoms with Gasteiger partial charge in [0.15, 0.2) is 0 Å². The van der Waals surface area contributed by atoms with Gasteiger partial charge in [0.1, 0.15) is 24.2 Å². The lowest BCUT2D eigenvalue weighted by Gasteiger charge is -2.33. The standard InChI is InChI=1S/C31H38FN3O5S/c1-7-40-27-16-14-26(15-17-27)35(41(38,39)28-18-8-22(2)9-19-28)21-29(36)34(20-24-10-12-25(32)13-11-24)23(3)30(37)33-31(4,5)6/h8-19,23H,7,20-21H2,1-6H3,(H,33,37)/t23-/m0/s1. The van der Waals surface area contributed by atoms with Gasteiger partial charge in [0.05, 0.1) is 17.2 Å². The fourth-order valence-electron chi connectivity index (χ4n) is 4.08. The molecule has 8 nitrogen and oxygen atoms in total. The average molecular weight is 584 g/mol. The van der Waals surface area contributed by atoms with Crippen LogP contribution in [0, 0.1) is 12.7 Å². The summed E-state index contributed by atoms with van der Waals surface area (Å²) in [6.07, 6.45) is 0. The maximum Gasteiger partial charge on any atom is 0.264 e. The molecule has 2 amide bonds. The zero-order valence-electron chi connectivity index (χ0n) is 24.3. The van der Waals surface area contributed by atoms with Crippen LogP contribution in [0.15, 0.2) is 77.7 Å². The van der Waals surface area contributed by atoms with Gasteiger partial charge in [-0.25, -0.2) is 12.8 Å². The van der Waals surface area contributed by atoms with Crippen molar-refractivity contribution >= 4 is 27.5 Å². The summed E-state index contributed by atoms with van der Waals surface area (Å²) in [6.45, 7) is 10.6. The van der Waals surface area contributed by atoms with Crippen molar-refractivity contribution in [1.82, 2.24) is 10.2 Å². The minimum atomic E-state index is -4.18. The number of aryl methyl sites for hydroxylation is 1. The third-order valence-electron chi connectivity index (χ3n) is 6.26. The third kappa shape index (κ3) is 8.53. The molecule has 0 heterocycles. The van der Waals surface area contributed by atoms with Gasteiger partial charge in [0.2, 0.25) is 11.8 Å². The predicted octanol–water partition coefficient (Wildman–Crippen LogP) is 5.06. The van der Waals surface area contributed by atoms with Crippen LogP contribution in [0.25, 0.3) is 0 Å². The van der Waals surface area contributed by atoms with Gasteiger partial charge in [0, 0.05) is 12.1 Å². The average Bonchev–Trinajstić information content (AvgIpc) is 2.91. The van der Waals surface area contributed by atoms with Gasteiger partial charge in [-0.15, -0.1) is 0 Å². The van der Waals surface area contributed by atoms with E-state index in [4.69, 9.17) is 4.74 Å². The maximum atomic E-state index is 14.0. The molecule has 3 aromatic carbocycles. The zero-order chi connectivity index (χ0) is 30.4. The molecule has 10 heteroatoms. The SMILES string of the molecule is CCOc1ccc(N(CC(=O)N(Cc2ccc(F)cc2)[C@@H](C)C(=O)NC(C)(C)C)S(=O)(=O)c2ccc(C)cc2)cc1. The van der Waals surface area contributed by atoms with Crippen molar-refractivity contribution in [2.24, 2.45) is 0 Å². The van der Waals surface area contributed by atoms with Crippen molar-refractivity contribution in [2.45, 2.75) is 64.6 Å². The van der Waals surface area contributed by atoms with Crippen LogP contribution < -0.4 is 14.4 Å². The van der Waals surface area contributed by atoms with Crippen LogP contribution in [0.2, 0.25) is 0 Å². The number of benzene rings is 3. The molecule has 0 aromatic heterocycles. The summed E-state index contributed by atoms with van der Waals surface area (Å²) < 4.78 is 47.9. The summed E-state index contributed by atoms with van der Waals surface area (Å²) in [7, 11) is -4.18. The monoisotopic (exact) mass is 583 g/mol. The molecule has 0 fully saturated rings. The first-order chi connectivity index (χ1) is 19.2. The molecule has 0 aliphatic rings. The largest absolute Gasteiger partial charge is 0.494 e. The summed E-state index contributed by atoms with van der Waals surface area (Å²) in [6, 6.07) is 17.4. The van der Waals surface area contributed by atoms with Crippen LogP contribution >= 0.6 is 0 Å². The molecule has 0 spiro atoms. The normalized spacial score (nSPS) is 12.4. The number of carbonyl (C=O) groups is 2. The van der Waals surface area contributed by atoms with Crippen molar-refractivity contribution in [3.05, 3.63) is 89.7 Å². The van der Waals surface area contributed by atoms with Crippen molar-refractivity contribution in [2.75, 3.05) is 17.5 Å². The number of carbonyl (C=O) groups excluding carboxylic acids is 2. The number of rotatable bonds is 11. The van der Waals surface area contributed by atoms with Crippen molar-refractivity contribution < 1.29 is 27.1 Å². The van der Waals surface area contributed by atoms with Crippen LogP contribution in [0.4, 0.5) is 10.1 Å². The number of ether oxygens (including phenoxy) is 1. The van der Waals surface area contributed by atoms with E-state index in [1.54, 1.807) is 43.3 Å². The third-order valence-corrected chi connectivity index (χ3v) is 8.04. The highest BCUT2D eigenvalue weighted by Gasteiger charge is 2.33. The topological polar surface area (TPSA) is 96.0 Å². The number of nitrogens with one attached hydrogen (secondary N) is 1. The Balaban J connectivity index is 2.03. The van der Waals surface area contributed by atoms with Gasteiger partial charge in [0.25, 0.3) is 10.0 Å². The Morgan fingerprint density at radius 2 is 1.54 bits per heavy atom. The minimum absolute atomic E-state index is 0.0217. The highest BCUT2D eigenvalue weighted by atomic mass is 32.2. The highest BCUT2D eigenvalue weighted by molar-refractivity contribution is 7.92. The Morgan fingerprint density at radius 1 is 0.951 bits per heavy atom. The smallest absolute Gasteiger partial charge is 0.264 e. The molecule has 0 aliphatic carbocycles. The lowest BCUT2D eigenvalue weighted by molar-refractivity contribution is -0.140. The molecule has 0 radical (unpaired) electrons. The second-order valence-corrected chi connectivity index (χ2v) is 12.7. The van der Waals surface area contributed by atoms with Gasteiger partial charge >= 0.3 is 0 Å². The number of hydrogen-bond donors (Lipinski definition) is 1. The van der Waals surface area contributed by atoms with E-state index in [9.17, 15) is 22.4 Å². The van der Waals surface area contributed by atoms with Crippen LogP contribution in [-0.4, -0.2) is 49.9 Å². The first-order valence-corrected chi connectivity index (χ1v) is 14.8. The highest BCUT2D eigenvalue weighted by Crippen LogP contribution is 2.27. The molecular formula is C31H38FN3O5S. The molecular weight excluding hydrogens is 545 g/mol. The fourth-order valence-corrected chi connectivity index (χ4v) is 5.50. The van der Waals surface area contributed by atoms with E-state index in [0.717, 1.165) is 9.87 Å². The van der Waals surface area contributed by atoms with Gasteiger partial charge in [-0.3, -0.25) is 13.9 Å². The summed E-state index contributed by atoms with van der Waals surface area (Å²) in [5.41, 5.74) is 1.18. The van der Waals surface area contributed by atoms with E-state index < -0.39 is 45.8 Å². The van der Waals surface area contributed by atoms with E-state index in [1.165, 1.54) is 41.3 Å². The second kappa shape index (κ2) is 13.2. The summed E-state index contributed by atoms with van der Waals surface area (Å²) in [5, 5.41) is 2.88. The van der Waals surface area contributed by atoms with Crippen molar-refractivity contribution in [3.8, 4) is 5.75 Å². The molecule has 3 rings (SSSR count). The minimum Gasteiger partial charge on any atom is -0.494 e. The molecule has 1 atom stereocenters. The molecule has 220 valence electrons. The number of amides is 2. The van der Waals surface area contributed by atoms with Crippen LogP contribution in [0.5, 0.6) is 5.75 Å². The number of hydrogen-bond acceptors (Lipinski definition) is 5. The quantitative estimate of drug-likeness (QED) is 0.341. The van der Waals surface area contributed by atoms with E-state index in [1.807, 2.05) is 34.6 Å². The lowest BCUT2D eigenvalue weighted by Crippen LogP contribution is -2.54. The van der Waals surface area contributed by atoms with Gasteiger partial charge in [-0.2, -0.15) is 0 Å². The Hall–Kier alpha value is -3.92. The molecule has 41 heavy (non-hydrogen) atoms. The first-order valence-electron chi connectivity index (χ1n) is 13.4. The number of halogens is 1. The number of nitrogens with zero attached hydrogens (tertiary/aromatic N) is 2. The summed E-state index contributed by atoms with van der Waals surface area (Å²) in [4.78, 5) is 28.4. The van der Waals surface area contributed by atoms with Crippen LogP contribution in [0.1, 0.15) is 45.7 Å². The predicted molar refractivity (Wildman–Crippen MR) is 158 cm³/mol. The molecule has 0 saturated heterocycles. The number of anilines is 1. The first kappa shape index (κ1) is 31.6. The van der Waals surface area contributed by atoms with Crippen LogP contribution in [-0.2, 0) is 26.2 Å². The second-order valence-electron chi connectivity index (χ2n) is 10.8. The van der Waals surface area contributed by atoms with Gasteiger partial charge in [-0.05, 0) is 95.6 Å². The Bertz CT molecular complexity index is 1440. The van der Waals surface area contributed by atoms with E-state index in [2.05, 4.69) is 5.32 Å². The summed E-state index contributed by atoms with van der Waals surface area (Å²) in [5.74, 6) is -0.880. The van der Waals surface area contributed by atoms with Gasteiger partial charge in [-0.1, -0.05) is 29.8 Å². The van der Waals surface area contributed by atoms with Crippen LogP contribution in [0.3, 0.4) is 0 Å². The molecule has 1 N–H and O–H groups in total. The van der Waals surface area contributed by atoms with E-state index in [0.29, 0.717) is 17.9 Å². The van der Waals surface area contributed by atoms with Crippen molar-refractivity contribution in [1.29, 1.82) is 0 Å². The van der Waals surface area contributed by atoms with Crippen molar-refractivity contribution in [3.63, 3.8) is 0 Å². The Labute approximate surface area is 242 Å². The van der Waals surface area contributed by atoms with E-state index >= 15 is 0 Å². The fraction of sp³-hybridized carbons (Fsp3) is 0.355. The molecule has 0 unspecified atom stereocenters. The molecule has 0 bridgehead atoms. The Morgan fingerprint density at radius 3 is 2.07 bits per heavy atom. The van der Waals surface area contributed by atoms with E-state index in [-0.39, 0.29) is 17.1 Å². The molecule has 0 saturated carbocycles. The number of sulfonamides is 1. The Kier molecular flexibility index (Phi) is 10.1. The van der Waals surface area contributed by atoms with Gasteiger partial charge < -0.3 is 15.0 Å². The molecule has 0 aliphatic heterocycles. The maximum absolute atomic E-state index is 14.0. The zero-order valence-corrected chi connectivity index (χ0v) is 25.2. The molecule has 3 aromatic rings. The lowest BCUT2D eigenvalue weighted by atomic mass is 10.1. The summed E-state index contributed by atoms with van der Waals surface area (Å²) >= 11 is 0.